The van der Waals surface area contributed by atoms with E-state index in [1.54, 1.807) is 54.6 Å². The van der Waals surface area contributed by atoms with Gasteiger partial charge in [-0.05, 0) is 35.4 Å². The number of hydrogen-bond donors (Lipinski definition) is 0. The van der Waals surface area contributed by atoms with Crippen LogP contribution in [0.1, 0.15) is 52.6 Å². The first kappa shape index (κ1) is 34.5. The molecule has 0 spiro atoms. The summed E-state index contributed by atoms with van der Waals surface area (Å²) in [5.74, 6) is -1.41. The van der Waals surface area contributed by atoms with Crippen molar-refractivity contribution in [3.05, 3.63) is 228 Å². The second-order valence-corrected chi connectivity index (χ2v) is 14.2. The Morgan fingerprint density at radius 1 is 0.379 bits per heavy atom. The zero-order valence-electron chi connectivity index (χ0n) is 31.0. The van der Waals surface area contributed by atoms with E-state index >= 15 is 4.79 Å². The van der Waals surface area contributed by atoms with E-state index in [0.29, 0.717) is 44.7 Å². The van der Waals surface area contributed by atoms with Crippen LogP contribution in [-0.4, -0.2) is 27.9 Å². The summed E-state index contributed by atoms with van der Waals surface area (Å²) >= 11 is 0. The van der Waals surface area contributed by atoms with Crippen molar-refractivity contribution < 1.29 is 19.2 Å². The third-order valence-corrected chi connectivity index (χ3v) is 10.9. The summed E-state index contributed by atoms with van der Waals surface area (Å²) in [6, 6.07) is 59.6. The lowest BCUT2D eigenvalue weighted by Crippen LogP contribution is -2.30. The molecular formula is C52H32N2O4. The van der Waals surface area contributed by atoms with E-state index in [2.05, 4.69) is 0 Å². The van der Waals surface area contributed by atoms with Gasteiger partial charge in [0.05, 0.1) is 33.5 Å². The molecule has 1 aliphatic rings. The van der Waals surface area contributed by atoms with Gasteiger partial charge in [-0.15, -0.1) is 0 Å². The van der Waals surface area contributed by atoms with Gasteiger partial charge in [-0.1, -0.05) is 170 Å². The normalized spacial score (nSPS) is 12.3. The molecule has 6 heteroatoms. The molecule has 0 bridgehead atoms. The summed E-state index contributed by atoms with van der Waals surface area (Å²) in [6.07, 6.45) is 0. The van der Waals surface area contributed by atoms with Gasteiger partial charge in [-0.2, -0.15) is 0 Å². The van der Waals surface area contributed by atoms with Crippen molar-refractivity contribution in [2.45, 2.75) is 0 Å². The van der Waals surface area contributed by atoms with Crippen molar-refractivity contribution in [1.82, 2.24) is 4.57 Å². The summed E-state index contributed by atoms with van der Waals surface area (Å²) in [7, 11) is 0. The maximum Gasteiger partial charge on any atom is 0.268 e. The molecule has 10 rings (SSSR count). The molecule has 58 heavy (non-hydrogen) atoms. The van der Waals surface area contributed by atoms with Crippen LogP contribution in [-0.2, 0) is 0 Å². The monoisotopic (exact) mass is 748 g/mol. The van der Waals surface area contributed by atoms with Gasteiger partial charge in [0, 0.05) is 44.2 Å². The van der Waals surface area contributed by atoms with Crippen molar-refractivity contribution >= 4 is 50.9 Å². The van der Waals surface area contributed by atoms with Gasteiger partial charge < -0.3 is 4.57 Å². The van der Waals surface area contributed by atoms with E-state index in [1.807, 2.05) is 144 Å². The Kier molecular flexibility index (Phi) is 8.31. The maximum atomic E-state index is 15.4. The SMILES string of the molecule is O=C(c1ccccc1)c1cccc2c3cccc(C(=O)c4ccccc4)c3n(-c3cccc4c3C(=O)N(c3c(-c5ccccc5)cccc3-c3ccccc3)C4=O)c12. The Bertz CT molecular complexity index is 2950. The van der Waals surface area contributed by atoms with E-state index in [0.717, 1.165) is 33.0 Å². The predicted molar refractivity (Wildman–Crippen MR) is 229 cm³/mol. The summed E-state index contributed by atoms with van der Waals surface area (Å²) in [4.78, 5) is 60.6. The highest BCUT2D eigenvalue weighted by Crippen LogP contribution is 2.45. The first-order valence-electron chi connectivity index (χ1n) is 19.0. The van der Waals surface area contributed by atoms with Crippen LogP contribution in [0, 0.1) is 0 Å². The van der Waals surface area contributed by atoms with E-state index in [-0.39, 0.29) is 22.7 Å². The van der Waals surface area contributed by atoms with Crippen molar-refractivity contribution in [3.63, 3.8) is 0 Å². The first-order chi connectivity index (χ1) is 28.5. The topological polar surface area (TPSA) is 76.5 Å². The largest absolute Gasteiger partial charge is 0.307 e. The Hall–Kier alpha value is -7.96. The molecule has 1 aromatic heterocycles. The average Bonchev–Trinajstić information content (AvgIpc) is 3.77. The maximum absolute atomic E-state index is 15.4. The highest BCUT2D eigenvalue weighted by molar-refractivity contribution is 6.37. The summed E-state index contributed by atoms with van der Waals surface area (Å²) in [6.45, 7) is 0. The van der Waals surface area contributed by atoms with Crippen molar-refractivity contribution in [2.75, 3.05) is 4.90 Å². The lowest BCUT2D eigenvalue weighted by molar-refractivity contribution is 0.0924. The molecule has 0 saturated carbocycles. The minimum Gasteiger partial charge on any atom is -0.307 e. The number of rotatable bonds is 8. The number of amides is 2. The minimum absolute atomic E-state index is 0.178. The average molecular weight is 749 g/mol. The molecule has 0 saturated heterocycles. The molecule has 274 valence electrons. The second kappa shape index (κ2) is 14.0. The number of benzene rings is 8. The van der Waals surface area contributed by atoms with E-state index in [1.165, 1.54) is 4.90 Å². The molecule has 0 radical (unpaired) electrons. The molecule has 0 unspecified atom stereocenters. The van der Waals surface area contributed by atoms with Crippen LogP contribution in [0.25, 0.3) is 49.7 Å². The lowest BCUT2D eigenvalue weighted by atomic mass is 9.95. The van der Waals surface area contributed by atoms with Gasteiger partial charge in [0.2, 0.25) is 0 Å². The Morgan fingerprint density at radius 3 is 1.28 bits per heavy atom. The zero-order chi connectivity index (χ0) is 39.3. The summed E-state index contributed by atoms with van der Waals surface area (Å²) in [5, 5.41) is 1.46. The standard InChI is InChI=1S/C52H32N2O4/c55-49(35-21-9-3-10-22-35)42-30-14-27-39-40-28-15-31-43(50(56)36-23-11-4-12-24-36)48(40)53(47(39)42)44-32-16-29-41-45(44)52(58)54(51(41)57)46-37(33-17-5-1-6-18-33)25-13-26-38(46)34-19-7-2-8-20-34/h1-32H. The fraction of sp³-hybridized carbons (Fsp3) is 0. The van der Waals surface area contributed by atoms with Crippen molar-refractivity contribution in [1.29, 1.82) is 0 Å². The zero-order valence-corrected chi connectivity index (χ0v) is 31.0. The first-order valence-corrected chi connectivity index (χ1v) is 19.0. The third-order valence-electron chi connectivity index (χ3n) is 10.9. The van der Waals surface area contributed by atoms with Gasteiger partial charge in [-0.3, -0.25) is 19.2 Å². The number of ketones is 2. The number of carbonyl (C=O) groups excluding carboxylic acids is 4. The number of carbonyl (C=O) groups is 4. The Balaban J connectivity index is 1.27. The summed E-state index contributed by atoms with van der Waals surface area (Å²) < 4.78 is 1.85. The van der Waals surface area contributed by atoms with Gasteiger partial charge in [0.15, 0.2) is 11.6 Å². The lowest BCUT2D eigenvalue weighted by Gasteiger charge is -2.23. The molecule has 2 heterocycles. The van der Waals surface area contributed by atoms with Crippen LogP contribution in [0.15, 0.2) is 194 Å². The molecule has 2 amide bonds. The number of fused-ring (bicyclic) bond motifs is 4. The Morgan fingerprint density at radius 2 is 0.793 bits per heavy atom. The number of hydrogen-bond acceptors (Lipinski definition) is 4. The molecule has 8 aromatic carbocycles. The molecule has 0 atom stereocenters. The van der Waals surface area contributed by atoms with E-state index in [4.69, 9.17) is 0 Å². The molecule has 0 aliphatic carbocycles. The fourth-order valence-corrected chi connectivity index (χ4v) is 8.36. The van der Waals surface area contributed by atoms with Crippen LogP contribution >= 0.6 is 0 Å². The number of aromatic nitrogens is 1. The predicted octanol–water partition coefficient (Wildman–Crippen LogP) is 11.4. The molecule has 0 fully saturated rings. The van der Waals surface area contributed by atoms with Crippen LogP contribution < -0.4 is 4.90 Å². The molecule has 9 aromatic rings. The number of para-hydroxylation sites is 3. The number of imide groups is 1. The van der Waals surface area contributed by atoms with Gasteiger partial charge >= 0.3 is 0 Å². The van der Waals surface area contributed by atoms with Gasteiger partial charge in [0.25, 0.3) is 11.8 Å². The fourth-order valence-electron chi connectivity index (χ4n) is 8.36. The molecule has 0 N–H and O–H groups in total. The van der Waals surface area contributed by atoms with Gasteiger partial charge in [-0.25, -0.2) is 4.90 Å². The van der Waals surface area contributed by atoms with Crippen molar-refractivity contribution in [3.8, 4) is 27.9 Å². The quantitative estimate of drug-likeness (QED) is 0.115. The summed E-state index contributed by atoms with van der Waals surface area (Å²) in [5.41, 5.74) is 7.24. The van der Waals surface area contributed by atoms with E-state index < -0.39 is 11.8 Å². The minimum atomic E-state index is -0.509. The number of nitrogens with zero attached hydrogens (tertiary/aromatic N) is 2. The van der Waals surface area contributed by atoms with Crippen molar-refractivity contribution in [2.24, 2.45) is 0 Å². The van der Waals surface area contributed by atoms with Crippen LogP contribution in [0.5, 0.6) is 0 Å². The highest BCUT2D eigenvalue weighted by Gasteiger charge is 2.42. The van der Waals surface area contributed by atoms with Gasteiger partial charge in [0.1, 0.15) is 0 Å². The number of anilines is 1. The second-order valence-electron chi connectivity index (χ2n) is 14.2. The van der Waals surface area contributed by atoms with Crippen LogP contribution in [0.3, 0.4) is 0 Å². The van der Waals surface area contributed by atoms with Crippen LogP contribution in [0.4, 0.5) is 5.69 Å². The molecule has 6 nitrogen and oxygen atoms in total. The van der Waals surface area contributed by atoms with Crippen LogP contribution in [0.2, 0.25) is 0 Å². The third kappa shape index (κ3) is 5.42. The molecule has 1 aliphatic heterocycles. The molecular weight excluding hydrogens is 717 g/mol. The van der Waals surface area contributed by atoms with E-state index in [9.17, 15) is 14.4 Å². The highest BCUT2D eigenvalue weighted by atomic mass is 16.2. The Labute approximate surface area is 333 Å². The smallest absolute Gasteiger partial charge is 0.268 e.